The highest BCUT2D eigenvalue weighted by Gasteiger charge is 2.28. The molecule has 0 heterocycles. The molecule has 1 rings (SSSR count). The fourth-order valence-corrected chi connectivity index (χ4v) is 2.10. The zero-order valence-corrected chi connectivity index (χ0v) is 11.0. The number of nitrogens with zero attached hydrogens (tertiary/aromatic N) is 2. The zero-order chi connectivity index (χ0) is 14.6. The van der Waals surface area contributed by atoms with E-state index in [4.69, 9.17) is 23.1 Å². The second kappa shape index (κ2) is 6.21. The molecule has 0 aliphatic carbocycles. The number of likely N-dealkylation sites (N-methyl/N-ethyl adjacent to an activating group) is 1. The average molecular weight is 283 g/mol. The lowest BCUT2D eigenvalue weighted by Gasteiger charge is -2.25. The highest BCUT2D eigenvalue weighted by molar-refractivity contribution is 7.80. The number of hydrogen-bond donors (Lipinski definition) is 2. The summed E-state index contributed by atoms with van der Waals surface area (Å²) in [6.07, 6.45) is 0. The topological polar surface area (TPSA) is 110 Å². The highest BCUT2D eigenvalue weighted by Crippen LogP contribution is 2.28. The summed E-state index contributed by atoms with van der Waals surface area (Å²) >= 11 is 4.89. The standard InChI is InChI=1S/C11H13N3O4S/c1-13(6-9(15)16)10(11(12)19)7-4-2-3-5-8(7)14(17)18/h2-5,10H,6H2,1H3,(H2,12,19)(H,15,16). The number of thiocarbonyl (C=S) groups is 1. The Morgan fingerprint density at radius 1 is 1.58 bits per heavy atom. The molecule has 102 valence electrons. The molecule has 0 saturated heterocycles. The molecule has 0 radical (unpaired) electrons. The monoisotopic (exact) mass is 283 g/mol. The number of carboxylic acid groups (broad SMARTS) is 1. The molecular weight excluding hydrogens is 270 g/mol. The Bertz CT molecular complexity index is 520. The lowest BCUT2D eigenvalue weighted by molar-refractivity contribution is -0.385. The maximum atomic E-state index is 11.0. The molecule has 0 saturated carbocycles. The third kappa shape index (κ3) is 3.70. The van der Waals surface area contributed by atoms with Gasteiger partial charge in [0.2, 0.25) is 0 Å². The number of nitro groups is 1. The number of aliphatic carboxylic acids is 1. The number of rotatable bonds is 6. The van der Waals surface area contributed by atoms with E-state index < -0.39 is 16.9 Å². The number of hydrogen-bond acceptors (Lipinski definition) is 5. The van der Waals surface area contributed by atoms with Gasteiger partial charge in [0, 0.05) is 6.07 Å². The number of nitrogens with two attached hydrogens (primary N) is 1. The Balaban J connectivity index is 3.23. The van der Waals surface area contributed by atoms with E-state index in [2.05, 4.69) is 0 Å². The van der Waals surface area contributed by atoms with Crippen molar-refractivity contribution in [2.45, 2.75) is 6.04 Å². The van der Waals surface area contributed by atoms with Crippen molar-refractivity contribution in [2.75, 3.05) is 13.6 Å². The summed E-state index contributed by atoms with van der Waals surface area (Å²) in [5.74, 6) is -1.07. The summed E-state index contributed by atoms with van der Waals surface area (Å²) in [7, 11) is 1.49. The van der Waals surface area contributed by atoms with Gasteiger partial charge in [-0.25, -0.2) is 0 Å². The molecule has 0 aliphatic rings. The summed E-state index contributed by atoms with van der Waals surface area (Å²) in [5.41, 5.74) is 5.73. The lowest BCUT2D eigenvalue weighted by Crippen LogP contribution is -2.37. The molecule has 19 heavy (non-hydrogen) atoms. The van der Waals surface area contributed by atoms with Crippen LogP contribution in [0.2, 0.25) is 0 Å². The molecule has 3 N–H and O–H groups in total. The van der Waals surface area contributed by atoms with Gasteiger partial charge in [-0.1, -0.05) is 30.4 Å². The predicted molar refractivity (Wildman–Crippen MR) is 72.9 cm³/mol. The van der Waals surface area contributed by atoms with E-state index >= 15 is 0 Å². The van der Waals surface area contributed by atoms with Gasteiger partial charge in [0.25, 0.3) is 5.69 Å². The van der Waals surface area contributed by atoms with E-state index in [0.717, 1.165) is 0 Å². The molecule has 1 aromatic carbocycles. The lowest BCUT2D eigenvalue weighted by atomic mass is 10.0. The van der Waals surface area contributed by atoms with E-state index in [-0.39, 0.29) is 22.8 Å². The number of nitro benzene ring substituents is 1. The largest absolute Gasteiger partial charge is 0.480 e. The van der Waals surface area contributed by atoms with Crippen molar-refractivity contribution in [2.24, 2.45) is 5.73 Å². The fraction of sp³-hybridized carbons (Fsp3) is 0.273. The van der Waals surface area contributed by atoms with Crippen LogP contribution in [0.15, 0.2) is 24.3 Å². The van der Waals surface area contributed by atoms with E-state index in [9.17, 15) is 14.9 Å². The quantitative estimate of drug-likeness (QED) is 0.454. The summed E-state index contributed by atoms with van der Waals surface area (Å²) in [5, 5.41) is 19.8. The molecule has 0 fully saturated rings. The molecule has 0 bridgehead atoms. The van der Waals surface area contributed by atoms with Crippen molar-refractivity contribution in [1.82, 2.24) is 4.90 Å². The highest BCUT2D eigenvalue weighted by atomic mass is 32.1. The Morgan fingerprint density at radius 3 is 2.63 bits per heavy atom. The van der Waals surface area contributed by atoms with Gasteiger partial charge in [0.15, 0.2) is 0 Å². The maximum Gasteiger partial charge on any atom is 0.317 e. The summed E-state index contributed by atoms with van der Waals surface area (Å²) < 4.78 is 0. The van der Waals surface area contributed by atoms with Gasteiger partial charge in [-0.3, -0.25) is 19.8 Å². The normalized spacial score (nSPS) is 12.1. The van der Waals surface area contributed by atoms with Gasteiger partial charge in [0.05, 0.1) is 28.1 Å². The van der Waals surface area contributed by atoms with Gasteiger partial charge in [-0.2, -0.15) is 0 Å². The molecule has 0 aromatic heterocycles. The molecular formula is C11H13N3O4S. The first-order valence-corrected chi connectivity index (χ1v) is 5.70. The van der Waals surface area contributed by atoms with Gasteiger partial charge in [0.1, 0.15) is 0 Å². The number of carbonyl (C=O) groups is 1. The Kier molecular flexibility index (Phi) is 4.90. The first kappa shape index (κ1) is 15.0. The van der Waals surface area contributed by atoms with Crippen molar-refractivity contribution in [3.05, 3.63) is 39.9 Å². The second-order valence-electron chi connectivity index (χ2n) is 3.93. The Labute approximate surface area is 114 Å². The van der Waals surface area contributed by atoms with Crippen molar-refractivity contribution in [3.63, 3.8) is 0 Å². The molecule has 1 aromatic rings. The van der Waals surface area contributed by atoms with Crippen molar-refractivity contribution < 1.29 is 14.8 Å². The number of para-hydroxylation sites is 1. The van der Waals surface area contributed by atoms with Crippen LogP contribution >= 0.6 is 12.2 Å². The fourth-order valence-electron chi connectivity index (χ4n) is 1.80. The van der Waals surface area contributed by atoms with Crippen LogP contribution in [0.5, 0.6) is 0 Å². The minimum Gasteiger partial charge on any atom is -0.480 e. The van der Waals surface area contributed by atoms with E-state index in [1.54, 1.807) is 6.07 Å². The first-order valence-electron chi connectivity index (χ1n) is 5.29. The van der Waals surface area contributed by atoms with E-state index in [1.165, 1.54) is 30.1 Å². The van der Waals surface area contributed by atoms with Crippen LogP contribution in [0.4, 0.5) is 5.69 Å². The Morgan fingerprint density at radius 2 is 2.16 bits per heavy atom. The van der Waals surface area contributed by atoms with Crippen molar-refractivity contribution >= 4 is 28.9 Å². The molecule has 0 amide bonds. The summed E-state index contributed by atoms with van der Waals surface area (Å²) in [6.45, 7) is -0.325. The molecule has 0 spiro atoms. The second-order valence-corrected chi connectivity index (χ2v) is 4.40. The first-order chi connectivity index (χ1) is 8.84. The van der Waals surface area contributed by atoms with Gasteiger partial charge >= 0.3 is 5.97 Å². The third-order valence-corrected chi connectivity index (χ3v) is 2.75. The molecule has 8 heteroatoms. The number of benzene rings is 1. The average Bonchev–Trinajstić information content (AvgIpc) is 2.27. The molecule has 0 aliphatic heterocycles. The summed E-state index contributed by atoms with van der Waals surface area (Å²) in [4.78, 5) is 22.5. The number of carboxylic acids is 1. The molecule has 7 nitrogen and oxygen atoms in total. The zero-order valence-electron chi connectivity index (χ0n) is 10.1. The van der Waals surface area contributed by atoms with Crippen molar-refractivity contribution in [1.29, 1.82) is 0 Å². The van der Waals surface area contributed by atoms with E-state index in [0.29, 0.717) is 0 Å². The Hall–Kier alpha value is -2.06. The van der Waals surface area contributed by atoms with Crippen LogP contribution in [0.3, 0.4) is 0 Å². The van der Waals surface area contributed by atoms with Crippen LogP contribution in [0.1, 0.15) is 11.6 Å². The SMILES string of the molecule is CN(CC(=O)O)C(C(N)=S)c1ccccc1[N+](=O)[O-]. The smallest absolute Gasteiger partial charge is 0.317 e. The van der Waals surface area contributed by atoms with Crippen LogP contribution in [-0.4, -0.2) is 39.5 Å². The third-order valence-electron chi connectivity index (χ3n) is 2.52. The van der Waals surface area contributed by atoms with Gasteiger partial charge in [-0.15, -0.1) is 0 Å². The predicted octanol–water partition coefficient (Wildman–Crippen LogP) is 0.938. The summed E-state index contributed by atoms with van der Waals surface area (Å²) in [6, 6.07) is 5.18. The van der Waals surface area contributed by atoms with Crippen molar-refractivity contribution in [3.8, 4) is 0 Å². The van der Waals surface area contributed by atoms with Crippen LogP contribution in [0, 0.1) is 10.1 Å². The van der Waals surface area contributed by atoms with Crippen LogP contribution in [-0.2, 0) is 4.79 Å². The molecule has 1 atom stereocenters. The minimum absolute atomic E-state index is 0.0157. The van der Waals surface area contributed by atoms with E-state index in [1.807, 2.05) is 0 Å². The van der Waals surface area contributed by atoms with Gasteiger partial charge < -0.3 is 10.8 Å². The minimum atomic E-state index is -1.07. The maximum absolute atomic E-state index is 11.0. The van der Waals surface area contributed by atoms with Crippen LogP contribution in [0.25, 0.3) is 0 Å². The van der Waals surface area contributed by atoms with Crippen LogP contribution < -0.4 is 5.73 Å². The van der Waals surface area contributed by atoms with Gasteiger partial charge in [-0.05, 0) is 7.05 Å². The molecule has 1 unspecified atom stereocenters.